The number of carbonyl (C=O) groups is 1. The molecule has 0 saturated carbocycles. The van der Waals surface area contributed by atoms with E-state index in [9.17, 15) is 9.18 Å². The molecule has 4 heteroatoms. The molecule has 1 aliphatic rings. The van der Waals surface area contributed by atoms with Gasteiger partial charge in [-0.15, -0.1) is 0 Å². The van der Waals surface area contributed by atoms with E-state index in [0.717, 1.165) is 30.4 Å². The molecule has 0 saturated heterocycles. The van der Waals surface area contributed by atoms with Crippen LogP contribution in [0.15, 0.2) is 12.1 Å². The summed E-state index contributed by atoms with van der Waals surface area (Å²) in [5, 5.41) is 8.68. The number of aryl methyl sites for hydroxylation is 2. The quantitative estimate of drug-likeness (QED) is 0.811. The SMILES string of the molecule is NC(Cc1cc2c(cc1F)CCC2)C(=O)O. The summed E-state index contributed by atoms with van der Waals surface area (Å²) in [6.45, 7) is 0. The molecule has 0 aliphatic heterocycles. The Morgan fingerprint density at radius 1 is 1.44 bits per heavy atom. The summed E-state index contributed by atoms with van der Waals surface area (Å²) in [6.07, 6.45) is 2.96. The third-order valence-corrected chi connectivity index (χ3v) is 3.02. The van der Waals surface area contributed by atoms with E-state index in [4.69, 9.17) is 10.8 Å². The van der Waals surface area contributed by atoms with Crippen molar-refractivity contribution in [1.29, 1.82) is 0 Å². The van der Waals surface area contributed by atoms with Gasteiger partial charge in [-0.25, -0.2) is 4.39 Å². The van der Waals surface area contributed by atoms with E-state index >= 15 is 0 Å². The average molecular weight is 223 g/mol. The van der Waals surface area contributed by atoms with Crippen LogP contribution in [0.2, 0.25) is 0 Å². The summed E-state index contributed by atoms with van der Waals surface area (Å²) in [4.78, 5) is 10.6. The molecule has 1 aromatic carbocycles. The third-order valence-electron chi connectivity index (χ3n) is 3.02. The first-order valence-corrected chi connectivity index (χ1v) is 5.36. The Kier molecular flexibility index (Phi) is 2.92. The Bertz CT molecular complexity index is 431. The van der Waals surface area contributed by atoms with E-state index < -0.39 is 12.0 Å². The van der Waals surface area contributed by atoms with Gasteiger partial charge in [0.25, 0.3) is 0 Å². The fourth-order valence-electron chi connectivity index (χ4n) is 2.13. The fourth-order valence-corrected chi connectivity index (χ4v) is 2.13. The number of hydrogen-bond acceptors (Lipinski definition) is 2. The maximum Gasteiger partial charge on any atom is 0.320 e. The van der Waals surface area contributed by atoms with Crippen LogP contribution in [0.4, 0.5) is 4.39 Å². The molecular weight excluding hydrogens is 209 g/mol. The van der Waals surface area contributed by atoms with E-state index in [-0.39, 0.29) is 12.2 Å². The van der Waals surface area contributed by atoms with Crippen LogP contribution in [0.3, 0.4) is 0 Å². The summed E-state index contributed by atoms with van der Waals surface area (Å²) in [5.41, 5.74) is 7.99. The standard InChI is InChI=1S/C12H14FNO2/c13-10-5-8-3-1-2-7(8)4-9(10)6-11(14)12(15)16/h4-5,11H,1-3,6,14H2,(H,15,16). The number of halogens is 1. The summed E-state index contributed by atoms with van der Waals surface area (Å²) in [6, 6.07) is 2.25. The first kappa shape index (κ1) is 11.1. The number of aliphatic carboxylic acids is 1. The zero-order valence-corrected chi connectivity index (χ0v) is 8.87. The van der Waals surface area contributed by atoms with Crippen molar-refractivity contribution in [2.75, 3.05) is 0 Å². The van der Waals surface area contributed by atoms with Crippen LogP contribution >= 0.6 is 0 Å². The van der Waals surface area contributed by atoms with Gasteiger partial charge in [-0.05, 0) is 42.0 Å². The number of benzene rings is 1. The van der Waals surface area contributed by atoms with Crippen LogP contribution in [0.5, 0.6) is 0 Å². The number of carboxylic acids is 1. The molecule has 0 heterocycles. The number of hydrogen-bond donors (Lipinski definition) is 2. The molecule has 0 bridgehead atoms. The first-order valence-electron chi connectivity index (χ1n) is 5.36. The smallest absolute Gasteiger partial charge is 0.320 e. The van der Waals surface area contributed by atoms with Crippen molar-refractivity contribution < 1.29 is 14.3 Å². The normalized spacial score (nSPS) is 15.9. The van der Waals surface area contributed by atoms with Gasteiger partial charge in [-0.3, -0.25) is 4.79 Å². The Balaban J connectivity index is 2.25. The molecule has 16 heavy (non-hydrogen) atoms. The minimum absolute atomic E-state index is 0.0500. The molecule has 3 nitrogen and oxygen atoms in total. The van der Waals surface area contributed by atoms with Crippen molar-refractivity contribution in [3.8, 4) is 0 Å². The highest BCUT2D eigenvalue weighted by atomic mass is 19.1. The van der Waals surface area contributed by atoms with Crippen LogP contribution in [-0.4, -0.2) is 17.1 Å². The van der Waals surface area contributed by atoms with Gasteiger partial charge in [0.2, 0.25) is 0 Å². The number of rotatable bonds is 3. The van der Waals surface area contributed by atoms with Crippen LogP contribution in [0.25, 0.3) is 0 Å². The maximum atomic E-state index is 13.6. The van der Waals surface area contributed by atoms with Gasteiger partial charge >= 0.3 is 5.97 Å². The number of nitrogens with two attached hydrogens (primary N) is 1. The minimum Gasteiger partial charge on any atom is -0.480 e. The van der Waals surface area contributed by atoms with Crippen molar-refractivity contribution in [3.05, 3.63) is 34.6 Å². The molecule has 1 atom stereocenters. The lowest BCUT2D eigenvalue weighted by atomic mass is 10.0. The highest BCUT2D eigenvalue weighted by Crippen LogP contribution is 2.25. The molecule has 0 aromatic heterocycles. The van der Waals surface area contributed by atoms with Crippen molar-refractivity contribution in [2.45, 2.75) is 31.7 Å². The Morgan fingerprint density at radius 2 is 2.06 bits per heavy atom. The fraction of sp³-hybridized carbons (Fsp3) is 0.417. The lowest BCUT2D eigenvalue weighted by molar-refractivity contribution is -0.138. The Labute approximate surface area is 93.1 Å². The molecule has 1 unspecified atom stereocenters. The predicted molar refractivity (Wildman–Crippen MR) is 57.7 cm³/mol. The Morgan fingerprint density at radius 3 is 2.69 bits per heavy atom. The highest BCUT2D eigenvalue weighted by Gasteiger charge is 2.18. The molecule has 0 radical (unpaired) electrons. The zero-order chi connectivity index (χ0) is 11.7. The van der Waals surface area contributed by atoms with E-state index in [1.807, 2.05) is 0 Å². The minimum atomic E-state index is -1.10. The van der Waals surface area contributed by atoms with Crippen LogP contribution < -0.4 is 5.73 Å². The topological polar surface area (TPSA) is 63.3 Å². The third kappa shape index (κ3) is 2.07. The van der Waals surface area contributed by atoms with E-state index in [1.165, 1.54) is 6.07 Å². The van der Waals surface area contributed by atoms with Crippen LogP contribution in [-0.2, 0) is 24.1 Å². The molecule has 0 fully saturated rings. The van der Waals surface area contributed by atoms with Crippen molar-refractivity contribution in [1.82, 2.24) is 0 Å². The van der Waals surface area contributed by atoms with E-state index in [1.54, 1.807) is 6.07 Å². The van der Waals surface area contributed by atoms with E-state index in [2.05, 4.69) is 0 Å². The second kappa shape index (κ2) is 4.22. The maximum absolute atomic E-state index is 13.6. The molecule has 1 aromatic rings. The van der Waals surface area contributed by atoms with Gasteiger partial charge in [0.15, 0.2) is 0 Å². The summed E-state index contributed by atoms with van der Waals surface area (Å²) in [5.74, 6) is -1.43. The van der Waals surface area contributed by atoms with Crippen molar-refractivity contribution >= 4 is 5.97 Å². The first-order chi connectivity index (χ1) is 7.58. The van der Waals surface area contributed by atoms with Crippen LogP contribution in [0, 0.1) is 5.82 Å². The lowest BCUT2D eigenvalue weighted by Gasteiger charge is -2.09. The Hall–Kier alpha value is -1.42. The zero-order valence-electron chi connectivity index (χ0n) is 8.87. The van der Waals surface area contributed by atoms with Gasteiger partial charge in [-0.2, -0.15) is 0 Å². The van der Waals surface area contributed by atoms with Gasteiger partial charge in [-0.1, -0.05) is 6.07 Å². The van der Waals surface area contributed by atoms with E-state index in [0.29, 0.717) is 5.56 Å². The number of carboxylic acid groups (broad SMARTS) is 1. The highest BCUT2D eigenvalue weighted by molar-refractivity contribution is 5.73. The lowest BCUT2D eigenvalue weighted by Crippen LogP contribution is -2.32. The van der Waals surface area contributed by atoms with Crippen molar-refractivity contribution in [2.24, 2.45) is 5.73 Å². The van der Waals surface area contributed by atoms with Crippen LogP contribution in [0.1, 0.15) is 23.1 Å². The summed E-state index contributed by atoms with van der Waals surface area (Å²) < 4.78 is 13.6. The van der Waals surface area contributed by atoms with Gasteiger partial charge in [0.05, 0.1) is 0 Å². The predicted octanol–water partition coefficient (Wildman–Crippen LogP) is 1.27. The monoisotopic (exact) mass is 223 g/mol. The molecule has 1 aliphatic carbocycles. The molecule has 86 valence electrons. The molecule has 3 N–H and O–H groups in total. The molecular formula is C12H14FNO2. The van der Waals surface area contributed by atoms with Gasteiger partial charge in [0.1, 0.15) is 11.9 Å². The summed E-state index contributed by atoms with van der Waals surface area (Å²) in [7, 11) is 0. The van der Waals surface area contributed by atoms with Gasteiger partial charge < -0.3 is 10.8 Å². The molecule has 0 spiro atoms. The second-order valence-corrected chi connectivity index (χ2v) is 4.21. The van der Waals surface area contributed by atoms with Crippen molar-refractivity contribution in [3.63, 3.8) is 0 Å². The number of fused-ring (bicyclic) bond motifs is 1. The molecule has 2 rings (SSSR count). The second-order valence-electron chi connectivity index (χ2n) is 4.21. The largest absolute Gasteiger partial charge is 0.480 e. The summed E-state index contributed by atoms with van der Waals surface area (Å²) >= 11 is 0. The molecule has 0 amide bonds. The average Bonchev–Trinajstić information content (AvgIpc) is 2.65. The van der Waals surface area contributed by atoms with Gasteiger partial charge in [0, 0.05) is 6.42 Å².